The van der Waals surface area contributed by atoms with E-state index in [9.17, 15) is 9.59 Å². The fourth-order valence-corrected chi connectivity index (χ4v) is 3.33. The quantitative estimate of drug-likeness (QED) is 0.787. The summed E-state index contributed by atoms with van der Waals surface area (Å²) in [5.41, 5.74) is 0.845. The number of nitrogens with zero attached hydrogens (tertiary/aromatic N) is 3. The molecule has 1 fully saturated rings. The smallest absolute Gasteiger partial charge is 0.274 e. The fourth-order valence-electron chi connectivity index (χ4n) is 3.33. The van der Waals surface area contributed by atoms with Gasteiger partial charge in [0.05, 0.1) is 17.4 Å². The van der Waals surface area contributed by atoms with E-state index in [0.29, 0.717) is 17.4 Å². The minimum Gasteiger partial charge on any atom is -0.369 e. The summed E-state index contributed by atoms with van der Waals surface area (Å²) in [5, 5.41) is 3.61. The topological polar surface area (TPSA) is 61.3 Å². The largest absolute Gasteiger partial charge is 0.369 e. The van der Waals surface area contributed by atoms with Crippen LogP contribution in [0.2, 0.25) is 0 Å². The average molecular weight is 336 g/mol. The van der Waals surface area contributed by atoms with Crippen molar-refractivity contribution in [2.75, 3.05) is 31.1 Å². The molecule has 128 valence electrons. The number of nitrogens with one attached hydrogen (secondary N) is 1. The van der Waals surface area contributed by atoms with Gasteiger partial charge < -0.3 is 4.90 Å². The van der Waals surface area contributed by atoms with Crippen LogP contribution in [-0.4, -0.2) is 40.9 Å². The number of hydrogen-bond donors (Lipinski definition) is 1. The van der Waals surface area contributed by atoms with Crippen LogP contribution in [0.4, 0.5) is 5.69 Å². The number of aromatic amines is 1. The number of rotatable bonds is 3. The SMILES string of the molecule is O=c1[nH]n(CN2CCN(c3ccccc3)CC2)c(=O)c2ccccc12. The Balaban J connectivity index is 1.51. The first-order valence-corrected chi connectivity index (χ1v) is 8.46. The molecule has 2 aromatic carbocycles. The Morgan fingerprint density at radius 1 is 0.800 bits per heavy atom. The van der Waals surface area contributed by atoms with Crippen molar-refractivity contribution in [2.24, 2.45) is 0 Å². The Labute approximate surface area is 144 Å². The second-order valence-corrected chi connectivity index (χ2v) is 6.30. The highest BCUT2D eigenvalue weighted by atomic mass is 16.2. The average Bonchev–Trinajstić information content (AvgIpc) is 2.67. The van der Waals surface area contributed by atoms with E-state index in [4.69, 9.17) is 0 Å². The van der Waals surface area contributed by atoms with Crippen LogP contribution in [0, 0.1) is 0 Å². The summed E-state index contributed by atoms with van der Waals surface area (Å²) < 4.78 is 1.42. The molecule has 1 aliphatic rings. The Morgan fingerprint density at radius 2 is 1.44 bits per heavy atom. The molecule has 1 aromatic heterocycles. The minimum atomic E-state index is -0.224. The van der Waals surface area contributed by atoms with Gasteiger partial charge in [-0.15, -0.1) is 0 Å². The lowest BCUT2D eigenvalue weighted by Gasteiger charge is -2.36. The van der Waals surface area contributed by atoms with E-state index in [2.05, 4.69) is 27.0 Å². The van der Waals surface area contributed by atoms with Gasteiger partial charge in [0.25, 0.3) is 11.1 Å². The monoisotopic (exact) mass is 336 g/mol. The summed E-state index contributed by atoms with van der Waals surface area (Å²) in [7, 11) is 0. The summed E-state index contributed by atoms with van der Waals surface area (Å²) in [4.78, 5) is 29.3. The highest BCUT2D eigenvalue weighted by molar-refractivity contribution is 5.80. The summed E-state index contributed by atoms with van der Waals surface area (Å²) in [6, 6.07) is 17.3. The number of piperazine rings is 1. The van der Waals surface area contributed by atoms with Gasteiger partial charge >= 0.3 is 0 Å². The highest BCUT2D eigenvalue weighted by Crippen LogP contribution is 2.15. The van der Waals surface area contributed by atoms with Crippen LogP contribution in [0.3, 0.4) is 0 Å². The molecular formula is C19H20N4O2. The molecule has 0 atom stereocenters. The zero-order valence-corrected chi connectivity index (χ0v) is 13.9. The van der Waals surface area contributed by atoms with Crippen molar-refractivity contribution in [3.63, 3.8) is 0 Å². The Hall–Kier alpha value is -2.86. The zero-order chi connectivity index (χ0) is 17.2. The van der Waals surface area contributed by atoms with Crippen molar-refractivity contribution in [1.82, 2.24) is 14.7 Å². The minimum absolute atomic E-state index is 0.152. The molecule has 2 heterocycles. The molecule has 0 bridgehead atoms. The first-order chi connectivity index (χ1) is 12.2. The van der Waals surface area contributed by atoms with Crippen molar-refractivity contribution in [1.29, 1.82) is 0 Å². The Kier molecular flexibility index (Phi) is 4.11. The third-order valence-corrected chi connectivity index (χ3v) is 4.72. The number of anilines is 1. The molecule has 25 heavy (non-hydrogen) atoms. The highest BCUT2D eigenvalue weighted by Gasteiger charge is 2.18. The maximum atomic E-state index is 12.6. The molecule has 6 heteroatoms. The first-order valence-electron chi connectivity index (χ1n) is 8.46. The molecule has 0 spiro atoms. The van der Waals surface area contributed by atoms with Gasteiger partial charge in [-0.05, 0) is 24.3 Å². The number of aromatic nitrogens is 2. The lowest BCUT2D eigenvalue weighted by Crippen LogP contribution is -2.48. The van der Waals surface area contributed by atoms with Crippen LogP contribution in [0.25, 0.3) is 10.8 Å². The van der Waals surface area contributed by atoms with E-state index in [-0.39, 0.29) is 11.1 Å². The van der Waals surface area contributed by atoms with Gasteiger partial charge in [0.2, 0.25) is 0 Å². The van der Waals surface area contributed by atoms with Gasteiger partial charge in [0, 0.05) is 31.9 Å². The van der Waals surface area contributed by atoms with Crippen molar-refractivity contribution in [2.45, 2.75) is 6.67 Å². The van der Waals surface area contributed by atoms with Crippen molar-refractivity contribution in [3.05, 3.63) is 75.3 Å². The third kappa shape index (κ3) is 3.08. The lowest BCUT2D eigenvalue weighted by molar-refractivity contribution is 0.191. The molecule has 4 rings (SSSR count). The molecule has 0 aliphatic carbocycles. The molecule has 0 unspecified atom stereocenters. The predicted molar refractivity (Wildman–Crippen MR) is 99.1 cm³/mol. The molecule has 0 saturated carbocycles. The van der Waals surface area contributed by atoms with Gasteiger partial charge in [-0.3, -0.25) is 19.6 Å². The second kappa shape index (κ2) is 6.57. The van der Waals surface area contributed by atoms with Gasteiger partial charge in [-0.1, -0.05) is 30.3 Å². The van der Waals surface area contributed by atoms with E-state index in [1.807, 2.05) is 18.2 Å². The van der Waals surface area contributed by atoms with Gasteiger partial charge in [0.15, 0.2) is 0 Å². The molecule has 0 radical (unpaired) electrons. The van der Waals surface area contributed by atoms with E-state index < -0.39 is 0 Å². The van der Waals surface area contributed by atoms with Crippen molar-refractivity contribution >= 4 is 16.5 Å². The van der Waals surface area contributed by atoms with Crippen molar-refractivity contribution in [3.8, 4) is 0 Å². The van der Waals surface area contributed by atoms with Gasteiger partial charge in [-0.2, -0.15) is 0 Å². The summed E-state index contributed by atoms with van der Waals surface area (Å²) >= 11 is 0. The van der Waals surface area contributed by atoms with Crippen LogP contribution >= 0.6 is 0 Å². The van der Waals surface area contributed by atoms with E-state index >= 15 is 0 Å². The molecule has 1 saturated heterocycles. The summed E-state index contributed by atoms with van der Waals surface area (Å²) in [6.07, 6.45) is 0. The number of H-pyrrole nitrogens is 1. The van der Waals surface area contributed by atoms with Gasteiger partial charge in [-0.25, -0.2) is 4.68 Å². The third-order valence-electron chi connectivity index (χ3n) is 4.72. The number of benzene rings is 2. The fraction of sp³-hybridized carbons (Fsp3) is 0.263. The van der Waals surface area contributed by atoms with Gasteiger partial charge in [0.1, 0.15) is 0 Å². The normalized spacial score (nSPS) is 15.6. The van der Waals surface area contributed by atoms with Crippen LogP contribution in [-0.2, 0) is 6.67 Å². The van der Waals surface area contributed by atoms with E-state index in [1.165, 1.54) is 10.4 Å². The second-order valence-electron chi connectivity index (χ2n) is 6.30. The first kappa shape index (κ1) is 15.7. The molecule has 1 aliphatic heterocycles. The van der Waals surface area contributed by atoms with Crippen LogP contribution in [0.15, 0.2) is 64.2 Å². The molecule has 1 N–H and O–H groups in total. The standard InChI is InChI=1S/C19H20N4O2/c24-18-16-8-4-5-9-17(16)19(25)23(20-18)14-21-10-12-22(13-11-21)15-6-2-1-3-7-15/h1-9H,10-14H2,(H,20,24). The molecule has 3 aromatic rings. The number of fused-ring (bicyclic) bond motifs is 1. The summed E-state index contributed by atoms with van der Waals surface area (Å²) in [5.74, 6) is 0. The summed E-state index contributed by atoms with van der Waals surface area (Å²) in [6.45, 7) is 3.89. The maximum Gasteiger partial charge on any atom is 0.274 e. The van der Waals surface area contributed by atoms with E-state index in [1.54, 1.807) is 24.3 Å². The number of hydrogen-bond acceptors (Lipinski definition) is 4. The van der Waals surface area contributed by atoms with Crippen molar-refractivity contribution < 1.29 is 0 Å². The van der Waals surface area contributed by atoms with Crippen LogP contribution in [0.5, 0.6) is 0 Å². The zero-order valence-electron chi connectivity index (χ0n) is 13.9. The Morgan fingerprint density at radius 3 is 2.16 bits per heavy atom. The maximum absolute atomic E-state index is 12.6. The Bertz CT molecular complexity index is 985. The number of para-hydroxylation sites is 1. The molecule has 0 amide bonds. The molecule has 6 nitrogen and oxygen atoms in total. The predicted octanol–water partition coefficient (Wildman–Crippen LogP) is 1.47. The lowest BCUT2D eigenvalue weighted by atomic mass is 10.2. The van der Waals surface area contributed by atoms with Crippen LogP contribution < -0.4 is 16.0 Å². The van der Waals surface area contributed by atoms with Crippen LogP contribution in [0.1, 0.15) is 0 Å². The van der Waals surface area contributed by atoms with E-state index in [0.717, 1.165) is 26.2 Å². The molecular weight excluding hydrogens is 316 g/mol.